The smallest absolute Gasteiger partial charge is 0.0667 e. The molecular weight excluding hydrogens is 200 g/mol. The van der Waals surface area contributed by atoms with Crippen molar-refractivity contribution in [3.05, 3.63) is 0 Å². The van der Waals surface area contributed by atoms with E-state index in [9.17, 15) is 0 Å². The molecule has 3 nitrogen and oxygen atoms in total. The van der Waals surface area contributed by atoms with Crippen LogP contribution in [0.15, 0.2) is 0 Å². The summed E-state index contributed by atoms with van der Waals surface area (Å²) in [6, 6.07) is 0. The normalized spacial score (nSPS) is 21.9. The summed E-state index contributed by atoms with van der Waals surface area (Å²) in [4.78, 5) is 0. The summed E-state index contributed by atoms with van der Waals surface area (Å²) >= 11 is 0. The fraction of sp³-hybridized carbons (Fsp3) is 1.00. The molecule has 0 bridgehead atoms. The van der Waals surface area contributed by atoms with Crippen molar-refractivity contribution in [2.75, 3.05) is 33.3 Å². The molecular formula is C13H28N2O. The summed E-state index contributed by atoms with van der Waals surface area (Å²) in [7, 11) is 1.78. The molecule has 0 spiro atoms. The van der Waals surface area contributed by atoms with Gasteiger partial charge in [0.25, 0.3) is 0 Å². The molecule has 1 heterocycles. The molecule has 0 aromatic rings. The Morgan fingerprint density at radius 2 is 2.06 bits per heavy atom. The minimum absolute atomic E-state index is 0.320. The summed E-state index contributed by atoms with van der Waals surface area (Å²) in [5.74, 6) is 0. The lowest BCUT2D eigenvalue weighted by molar-refractivity contribution is 0.107. The second-order valence-electron chi connectivity index (χ2n) is 5.18. The fourth-order valence-electron chi connectivity index (χ4n) is 2.63. The van der Waals surface area contributed by atoms with Gasteiger partial charge in [0.05, 0.1) is 6.10 Å². The standard InChI is InChI=1S/C13H28N2O/c1-4-5-13(6-8-14-9-7-13)11-15-10-12(2)16-3/h12,14-15H,4-11H2,1-3H3. The lowest BCUT2D eigenvalue weighted by Crippen LogP contribution is -2.44. The Bertz CT molecular complexity index is 173. The Balaban J connectivity index is 2.32. The minimum atomic E-state index is 0.320. The molecule has 1 saturated heterocycles. The van der Waals surface area contributed by atoms with Crippen molar-refractivity contribution >= 4 is 0 Å². The van der Waals surface area contributed by atoms with Crippen LogP contribution in [0.3, 0.4) is 0 Å². The number of piperidine rings is 1. The van der Waals surface area contributed by atoms with E-state index in [2.05, 4.69) is 24.5 Å². The number of hydrogen-bond donors (Lipinski definition) is 2. The molecule has 0 radical (unpaired) electrons. The third-order valence-corrected chi connectivity index (χ3v) is 3.78. The van der Waals surface area contributed by atoms with E-state index in [0.29, 0.717) is 11.5 Å². The van der Waals surface area contributed by atoms with Crippen molar-refractivity contribution in [2.45, 2.75) is 45.6 Å². The summed E-state index contributed by atoms with van der Waals surface area (Å²) in [5.41, 5.74) is 0.535. The minimum Gasteiger partial charge on any atom is -0.380 e. The van der Waals surface area contributed by atoms with Crippen LogP contribution >= 0.6 is 0 Å². The zero-order valence-corrected chi connectivity index (χ0v) is 11.1. The van der Waals surface area contributed by atoms with Crippen molar-refractivity contribution in [1.82, 2.24) is 10.6 Å². The molecule has 0 aliphatic carbocycles. The lowest BCUT2D eigenvalue weighted by Gasteiger charge is -2.38. The predicted octanol–water partition coefficient (Wildman–Crippen LogP) is 1.78. The van der Waals surface area contributed by atoms with E-state index in [1.165, 1.54) is 38.8 Å². The van der Waals surface area contributed by atoms with Crippen LogP contribution < -0.4 is 10.6 Å². The van der Waals surface area contributed by atoms with Crippen LogP contribution in [-0.4, -0.2) is 39.4 Å². The first kappa shape index (κ1) is 13.9. The summed E-state index contributed by atoms with van der Waals surface area (Å²) < 4.78 is 5.26. The van der Waals surface area contributed by atoms with Crippen molar-refractivity contribution in [3.8, 4) is 0 Å². The largest absolute Gasteiger partial charge is 0.380 e. The van der Waals surface area contributed by atoms with E-state index in [1.807, 2.05) is 0 Å². The monoisotopic (exact) mass is 228 g/mol. The predicted molar refractivity (Wildman–Crippen MR) is 68.8 cm³/mol. The molecule has 0 saturated carbocycles. The van der Waals surface area contributed by atoms with Crippen LogP contribution in [0.1, 0.15) is 39.5 Å². The van der Waals surface area contributed by atoms with Gasteiger partial charge in [-0.3, -0.25) is 0 Å². The van der Waals surface area contributed by atoms with E-state index in [0.717, 1.165) is 13.1 Å². The Kier molecular flexibility index (Phi) is 6.32. The summed E-state index contributed by atoms with van der Waals surface area (Å²) in [6.07, 6.45) is 5.59. The second kappa shape index (κ2) is 7.25. The SMILES string of the molecule is CCCC1(CNCC(C)OC)CCNCC1. The fourth-order valence-corrected chi connectivity index (χ4v) is 2.63. The van der Waals surface area contributed by atoms with Gasteiger partial charge in [0.2, 0.25) is 0 Å². The van der Waals surface area contributed by atoms with Gasteiger partial charge >= 0.3 is 0 Å². The molecule has 16 heavy (non-hydrogen) atoms. The number of nitrogens with one attached hydrogen (secondary N) is 2. The first-order valence-electron chi connectivity index (χ1n) is 6.67. The maximum atomic E-state index is 5.26. The third-order valence-electron chi connectivity index (χ3n) is 3.78. The molecule has 1 unspecified atom stereocenters. The topological polar surface area (TPSA) is 33.3 Å². The van der Waals surface area contributed by atoms with Crippen molar-refractivity contribution in [2.24, 2.45) is 5.41 Å². The highest BCUT2D eigenvalue weighted by atomic mass is 16.5. The average Bonchev–Trinajstić information content (AvgIpc) is 2.30. The van der Waals surface area contributed by atoms with Gasteiger partial charge in [0.1, 0.15) is 0 Å². The van der Waals surface area contributed by atoms with Gasteiger partial charge in [-0.1, -0.05) is 13.3 Å². The first-order chi connectivity index (χ1) is 7.72. The lowest BCUT2D eigenvalue weighted by atomic mass is 9.75. The van der Waals surface area contributed by atoms with Gasteiger partial charge in [0.15, 0.2) is 0 Å². The third kappa shape index (κ3) is 4.40. The first-order valence-corrected chi connectivity index (χ1v) is 6.67. The van der Waals surface area contributed by atoms with Gasteiger partial charge in [-0.05, 0) is 44.7 Å². The number of hydrogen-bond acceptors (Lipinski definition) is 3. The molecule has 2 N–H and O–H groups in total. The zero-order chi connectivity index (χ0) is 11.9. The maximum absolute atomic E-state index is 5.26. The molecule has 1 atom stereocenters. The Morgan fingerprint density at radius 3 is 2.62 bits per heavy atom. The molecule has 1 aliphatic heterocycles. The van der Waals surface area contributed by atoms with Crippen LogP contribution in [0.25, 0.3) is 0 Å². The van der Waals surface area contributed by atoms with Crippen molar-refractivity contribution in [1.29, 1.82) is 0 Å². The van der Waals surface area contributed by atoms with Crippen LogP contribution in [0.2, 0.25) is 0 Å². The van der Waals surface area contributed by atoms with Gasteiger partial charge in [-0.15, -0.1) is 0 Å². The molecule has 0 amide bonds. The number of ether oxygens (including phenoxy) is 1. The average molecular weight is 228 g/mol. The van der Waals surface area contributed by atoms with E-state index in [-0.39, 0.29) is 0 Å². The van der Waals surface area contributed by atoms with Crippen LogP contribution in [0, 0.1) is 5.41 Å². The Morgan fingerprint density at radius 1 is 1.38 bits per heavy atom. The van der Waals surface area contributed by atoms with E-state index in [4.69, 9.17) is 4.74 Å². The van der Waals surface area contributed by atoms with Crippen LogP contribution in [0.5, 0.6) is 0 Å². The molecule has 1 aliphatic rings. The highest BCUT2D eigenvalue weighted by molar-refractivity contribution is 4.86. The molecule has 0 aromatic carbocycles. The highest BCUT2D eigenvalue weighted by Crippen LogP contribution is 2.33. The Labute approximate surface area is 100 Å². The summed E-state index contributed by atoms with van der Waals surface area (Å²) in [6.45, 7) is 8.89. The van der Waals surface area contributed by atoms with Crippen LogP contribution in [0.4, 0.5) is 0 Å². The van der Waals surface area contributed by atoms with E-state index < -0.39 is 0 Å². The quantitative estimate of drug-likeness (QED) is 0.697. The van der Waals surface area contributed by atoms with Gasteiger partial charge in [0, 0.05) is 20.2 Å². The van der Waals surface area contributed by atoms with Crippen LogP contribution in [-0.2, 0) is 4.74 Å². The molecule has 1 rings (SSSR count). The van der Waals surface area contributed by atoms with E-state index >= 15 is 0 Å². The van der Waals surface area contributed by atoms with Gasteiger partial charge < -0.3 is 15.4 Å². The molecule has 1 fully saturated rings. The maximum Gasteiger partial charge on any atom is 0.0667 e. The molecule has 3 heteroatoms. The number of rotatable bonds is 7. The van der Waals surface area contributed by atoms with Crippen molar-refractivity contribution < 1.29 is 4.74 Å². The molecule has 96 valence electrons. The molecule has 0 aromatic heterocycles. The van der Waals surface area contributed by atoms with Crippen molar-refractivity contribution in [3.63, 3.8) is 0 Å². The summed E-state index contributed by atoms with van der Waals surface area (Å²) in [5, 5.41) is 7.03. The van der Waals surface area contributed by atoms with Gasteiger partial charge in [-0.2, -0.15) is 0 Å². The highest BCUT2D eigenvalue weighted by Gasteiger charge is 2.30. The second-order valence-corrected chi connectivity index (χ2v) is 5.18. The zero-order valence-electron chi connectivity index (χ0n) is 11.1. The van der Waals surface area contributed by atoms with E-state index in [1.54, 1.807) is 7.11 Å². The number of methoxy groups -OCH3 is 1. The van der Waals surface area contributed by atoms with Gasteiger partial charge in [-0.25, -0.2) is 0 Å². The Hall–Kier alpha value is -0.120.